The fraction of sp³-hybridized carbons (Fsp3) is 0.594. The minimum Gasteiger partial charge on any atom is -0.457 e. The summed E-state index contributed by atoms with van der Waals surface area (Å²) < 4.78 is 18.3. The van der Waals surface area contributed by atoms with Crippen LogP contribution in [0.3, 0.4) is 0 Å². The van der Waals surface area contributed by atoms with Crippen molar-refractivity contribution in [3.05, 3.63) is 64.8 Å². The van der Waals surface area contributed by atoms with Gasteiger partial charge in [0, 0.05) is 19.3 Å². The van der Waals surface area contributed by atoms with Gasteiger partial charge in [-0.3, -0.25) is 0 Å². The van der Waals surface area contributed by atoms with E-state index < -0.39 is 5.79 Å². The Morgan fingerprint density at radius 1 is 1.27 bits per heavy atom. The number of rotatable bonds is 7. The zero-order valence-corrected chi connectivity index (χ0v) is 23.2. The molecular weight excluding hydrogens is 464 g/mol. The Labute approximate surface area is 222 Å². The Hall–Kier alpha value is -2.21. The van der Waals surface area contributed by atoms with Gasteiger partial charge in [0.25, 0.3) is 0 Å². The fourth-order valence-electron chi connectivity index (χ4n) is 5.99. The van der Waals surface area contributed by atoms with Crippen molar-refractivity contribution in [2.45, 2.75) is 104 Å². The van der Waals surface area contributed by atoms with E-state index in [9.17, 15) is 9.90 Å². The average Bonchev–Trinajstić information content (AvgIpc) is 2.85. The highest BCUT2D eigenvalue weighted by Crippen LogP contribution is 2.42. The second-order valence-electron chi connectivity index (χ2n) is 11.5. The van der Waals surface area contributed by atoms with Crippen molar-refractivity contribution in [3.63, 3.8) is 0 Å². The minimum absolute atomic E-state index is 0.0158. The number of aliphatic hydroxyl groups is 1. The summed E-state index contributed by atoms with van der Waals surface area (Å²) in [7, 11) is 0. The van der Waals surface area contributed by atoms with Gasteiger partial charge in [-0.25, -0.2) is 4.79 Å². The topological polar surface area (TPSA) is 65.0 Å². The first-order chi connectivity index (χ1) is 17.7. The Kier molecular flexibility index (Phi) is 9.10. The highest BCUT2D eigenvalue weighted by atomic mass is 16.7. The Balaban J connectivity index is 1.32. The first-order valence-electron chi connectivity index (χ1n) is 14.0. The molecule has 0 bridgehead atoms. The third-order valence-corrected chi connectivity index (χ3v) is 8.06. The van der Waals surface area contributed by atoms with Gasteiger partial charge in [0.05, 0.1) is 23.9 Å². The van der Waals surface area contributed by atoms with Crippen LogP contribution in [-0.2, 0) is 14.2 Å². The van der Waals surface area contributed by atoms with E-state index in [2.05, 4.69) is 52.0 Å². The van der Waals surface area contributed by atoms with Crippen LogP contribution in [-0.4, -0.2) is 41.8 Å². The van der Waals surface area contributed by atoms with Crippen LogP contribution in [0.25, 0.3) is 5.57 Å². The van der Waals surface area contributed by atoms with Crippen LogP contribution >= 0.6 is 0 Å². The predicted octanol–water partition coefficient (Wildman–Crippen LogP) is 6.93. The maximum absolute atomic E-state index is 12.1. The van der Waals surface area contributed by atoms with Crippen molar-refractivity contribution >= 4 is 11.5 Å². The number of fused-ring (bicyclic) bond motifs is 1. The molecule has 0 radical (unpaired) electrons. The third kappa shape index (κ3) is 7.01. The van der Waals surface area contributed by atoms with Crippen LogP contribution in [0.1, 0.15) is 94.1 Å². The summed E-state index contributed by atoms with van der Waals surface area (Å²) in [6.45, 7) is 11.1. The summed E-state index contributed by atoms with van der Waals surface area (Å²) in [6.07, 6.45) is 14.3. The van der Waals surface area contributed by atoms with Gasteiger partial charge in [-0.2, -0.15) is 0 Å². The lowest BCUT2D eigenvalue weighted by molar-refractivity contribution is -0.334. The Morgan fingerprint density at radius 3 is 2.86 bits per heavy atom. The van der Waals surface area contributed by atoms with Crippen LogP contribution in [0.2, 0.25) is 0 Å². The molecule has 1 aromatic carbocycles. The monoisotopic (exact) mass is 508 g/mol. The lowest BCUT2D eigenvalue weighted by Crippen LogP contribution is -2.53. The SMILES string of the molecule is CC[C@H]1O[C@]2(CC[C@@H]1C)C[C@@H](O)C[C@@H](C/C=C(\C)C[C@@H](C)/C=C/C=C1\COC(=O)c3cc(C)ccc31)O2. The first-order valence-corrected chi connectivity index (χ1v) is 14.0. The van der Waals surface area contributed by atoms with E-state index in [4.69, 9.17) is 14.2 Å². The lowest BCUT2D eigenvalue weighted by Gasteiger charge is -2.49. The quantitative estimate of drug-likeness (QED) is 0.320. The second-order valence-corrected chi connectivity index (χ2v) is 11.5. The van der Waals surface area contributed by atoms with Gasteiger partial charge in [-0.1, -0.05) is 68.3 Å². The number of allylic oxidation sites excluding steroid dienone is 4. The van der Waals surface area contributed by atoms with Gasteiger partial charge >= 0.3 is 5.97 Å². The zero-order chi connectivity index (χ0) is 26.6. The maximum Gasteiger partial charge on any atom is 0.339 e. The van der Waals surface area contributed by atoms with Crippen LogP contribution in [0.15, 0.2) is 48.1 Å². The van der Waals surface area contributed by atoms with Crippen molar-refractivity contribution in [2.24, 2.45) is 11.8 Å². The maximum atomic E-state index is 12.1. The van der Waals surface area contributed by atoms with Crippen molar-refractivity contribution in [3.8, 4) is 0 Å². The van der Waals surface area contributed by atoms with E-state index in [0.717, 1.165) is 48.8 Å². The van der Waals surface area contributed by atoms with Crippen LogP contribution < -0.4 is 0 Å². The number of hydrogen-bond donors (Lipinski definition) is 1. The molecule has 1 N–H and O–H groups in total. The number of esters is 1. The van der Waals surface area contributed by atoms with E-state index in [1.54, 1.807) is 0 Å². The molecule has 0 aromatic heterocycles. The Bertz CT molecular complexity index is 1050. The molecule has 6 atom stereocenters. The molecule has 5 heteroatoms. The molecule has 3 heterocycles. The van der Waals surface area contributed by atoms with E-state index >= 15 is 0 Å². The molecule has 0 aliphatic carbocycles. The first kappa shape index (κ1) is 27.8. The molecule has 1 spiro atoms. The van der Waals surface area contributed by atoms with Gasteiger partial charge < -0.3 is 19.3 Å². The van der Waals surface area contributed by atoms with E-state index in [1.807, 2.05) is 25.1 Å². The summed E-state index contributed by atoms with van der Waals surface area (Å²) in [5.74, 6) is 0.0423. The van der Waals surface area contributed by atoms with E-state index in [1.165, 1.54) is 5.57 Å². The zero-order valence-electron chi connectivity index (χ0n) is 23.2. The highest BCUT2D eigenvalue weighted by molar-refractivity contribution is 5.99. The Morgan fingerprint density at radius 2 is 2.08 bits per heavy atom. The molecule has 1 aromatic rings. The van der Waals surface area contributed by atoms with Crippen LogP contribution in [0, 0.1) is 18.8 Å². The summed E-state index contributed by atoms with van der Waals surface area (Å²) in [5, 5.41) is 10.6. The van der Waals surface area contributed by atoms with Crippen LogP contribution in [0.5, 0.6) is 0 Å². The summed E-state index contributed by atoms with van der Waals surface area (Å²) in [4.78, 5) is 12.1. The van der Waals surface area contributed by atoms with E-state index in [0.29, 0.717) is 36.8 Å². The smallest absolute Gasteiger partial charge is 0.339 e. The summed E-state index contributed by atoms with van der Waals surface area (Å²) >= 11 is 0. The molecular formula is C32H44O5. The molecule has 37 heavy (non-hydrogen) atoms. The molecule has 5 nitrogen and oxygen atoms in total. The number of hydrogen-bond acceptors (Lipinski definition) is 5. The van der Waals surface area contributed by atoms with Gasteiger partial charge in [0.1, 0.15) is 6.61 Å². The van der Waals surface area contributed by atoms with E-state index in [-0.39, 0.29) is 24.3 Å². The fourth-order valence-corrected chi connectivity index (χ4v) is 5.99. The summed E-state index contributed by atoms with van der Waals surface area (Å²) in [5.41, 5.74) is 5.01. The summed E-state index contributed by atoms with van der Waals surface area (Å²) in [6, 6.07) is 5.94. The molecule has 202 valence electrons. The highest BCUT2D eigenvalue weighted by Gasteiger charge is 2.46. The van der Waals surface area contributed by atoms with Crippen molar-refractivity contribution in [1.82, 2.24) is 0 Å². The molecule has 2 saturated heterocycles. The normalized spacial score (nSPS) is 32.5. The van der Waals surface area contributed by atoms with Gasteiger partial charge in [-0.05, 0) is 68.6 Å². The number of aliphatic hydroxyl groups excluding tert-OH is 1. The molecule has 2 fully saturated rings. The molecule has 0 saturated carbocycles. The van der Waals surface area contributed by atoms with Crippen LogP contribution in [0.4, 0.5) is 0 Å². The third-order valence-electron chi connectivity index (χ3n) is 8.06. The number of ether oxygens (including phenoxy) is 3. The standard InChI is InChI=1S/C32H44O5/c1-6-30-24(5)14-15-32(37-30)19-26(33)18-27(36-32)12-10-22(3)16-21(2)8-7-9-25-20-35-31(34)29-17-23(4)11-13-28(25)29/h7-11,13,17,21,24,26-27,30,33H,6,12,14-16,18-20H2,1-5H3/b8-7+,22-10+,25-9+/t21-,24-,26-,27+,30+,32+/m0/s1. The molecule has 3 aliphatic rings. The number of cyclic esters (lactones) is 1. The predicted molar refractivity (Wildman–Crippen MR) is 147 cm³/mol. The second kappa shape index (κ2) is 12.1. The van der Waals surface area contributed by atoms with Crippen molar-refractivity contribution < 1.29 is 24.1 Å². The number of carbonyl (C=O) groups excluding carboxylic acids is 1. The minimum atomic E-state index is -0.619. The van der Waals surface area contributed by atoms with Crippen molar-refractivity contribution in [1.29, 1.82) is 0 Å². The average molecular weight is 509 g/mol. The molecule has 0 amide bonds. The lowest BCUT2D eigenvalue weighted by atomic mass is 9.85. The van der Waals surface area contributed by atoms with Crippen molar-refractivity contribution in [2.75, 3.05) is 6.61 Å². The molecule has 4 rings (SSSR count). The van der Waals surface area contributed by atoms with Gasteiger partial charge in [-0.15, -0.1) is 0 Å². The molecule has 3 aliphatic heterocycles. The largest absolute Gasteiger partial charge is 0.457 e. The number of benzene rings is 1. The number of aryl methyl sites for hydroxylation is 1. The van der Waals surface area contributed by atoms with Gasteiger partial charge in [0.15, 0.2) is 5.79 Å². The number of carbonyl (C=O) groups is 1. The molecule has 0 unspecified atom stereocenters. The van der Waals surface area contributed by atoms with Gasteiger partial charge in [0.2, 0.25) is 0 Å².